The average Bonchev–Trinajstić information content (AvgIpc) is 3.55. The first-order valence-corrected chi connectivity index (χ1v) is 17.3. The Balaban J connectivity index is 1.04. The van der Waals surface area contributed by atoms with E-state index in [2.05, 4.69) is 42.7 Å². The zero-order valence-electron chi connectivity index (χ0n) is 29.5. The van der Waals surface area contributed by atoms with Gasteiger partial charge in [0.2, 0.25) is 17.8 Å². The fraction of sp³-hybridized carbons (Fsp3) is 0.444. The molecule has 14 nitrogen and oxygen atoms in total. The van der Waals surface area contributed by atoms with E-state index in [1.165, 1.54) is 6.20 Å². The number of hydrogen-bond acceptors (Lipinski definition) is 10. The summed E-state index contributed by atoms with van der Waals surface area (Å²) in [7, 11) is 5.50. The molecule has 268 valence electrons. The maximum absolute atomic E-state index is 15.1. The van der Waals surface area contributed by atoms with E-state index in [0.29, 0.717) is 48.7 Å². The SMILES string of the molecule is CN(c1ncc(F)c(Nc2ccc3c(c2)n(CCC(C)(C)O)c(=O)n3C)n1)C1CCN(c2ccc3c(C4CCC(=O)NC4=O)nn(C)c3c2)CC1. The number of carbonyl (C=O) groups is 2. The van der Waals surface area contributed by atoms with Gasteiger partial charge in [-0.25, -0.2) is 14.2 Å². The molecule has 2 amide bonds. The van der Waals surface area contributed by atoms with Crippen LogP contribution in [0.4, 0.5) is 27.5 Å². The summed E-state index contributed by atoms with van der Waals surface area (Å²) in [5.41, 5.74) is 3.54. The molecule has 2 aliphatic heterocycles. The predicted octanol–water partition coefficient (Wildman–Crippen LogP) is 3.69. The van der Waals surface area contributed by atoms with Gasteiger partial charge in [0.05, 0.1) is 40.0 Å². The molecule has 2 fully saturated rings. The van der Waals surface area contributed by atoms with Gasteiger partial charge in [0.15, 0.2) is 11.6 Å². The van der Waals surface area contributed by atoms with Crippen molar-refractivity contribution < 1.29 is 19.1 Å². The summed E-state index contributed by atoms with van der Waals surface area (Å²) in [6, 6.07) is 11.7. The summed E-state index contributed by atoms with van der Waals surface area (Å²) in [6.45, 7) is 5.32. The molecule has 0 saturated carbocycles. The summed E-state index contributed by atoms with van der Waals surface area (Å²) >= 11 is 0. The van der Waals surface area contributed by atoms with Crippen LogP contribution in [0.1, 0.15) is 57.6 Å². The quantitative estimate of drug-likeness (QED) is 0.194. The highest BCUT2D eigenvalue weighted by atomic mass is 19.1. The van der Waals surface area contributed by atoms with Crippen LogP contribution in [-0.2, 0) is 30.2 Å². The largest absolute Gasteiger partial charge is 0.390 e. The summed E-state index contributed by atoms with van der Waals surface area (Å²) in [5, 5.41) is 21.3. The number of piperidine rings is 2. The molecule has 2 aromatic carbocycles. The van der Waals surface area contributed by atoms with Crippen molar-refractivity contribution in [3.05, 3.63) is 64.6 Å². The lowest BCUT2D eigenvalue weighted by atomic mass is 9.92. The third kappa shape index (κ3) is 6.65. The van der Waals surface area contributed by atoms with Crippen molar-refractivity contribution in [2.45, 2.75) is 70.1 Å². The molecule has 0 bridgehead atoms. The zero-order valence-corrected chi connectivity index (χ0v) is 29.5. The molecule has 2 aliphatic rings. The molecular formula is C36H43FN10O4. The lowest BCUT2D eigenvalue weighted by Gasteiger charge is -2.38. The van der Waals surface area contributed by atoms with Crippen molar-refractivity contribution in [2.24, 2.45) is 14.1 Å². The van der Waals surface area contributed by atoms with E-state index in [9.17, 15) is 19.5 Å². The molecule has 3 N–H and O–H groups in total. The van der Waals surface area contributed by atoms with Gasteiger partial charge in [-0.3, -0.25) is 28.7 Å². The number of anilines is 4. The van der Waals surface area contributed by atoms with Crippen LogP contribution in [0.15, 0.2) is 47.4 Å². The molecule has 5 aromatic rings. The Hall–Kier alpha value is -5.31. The van der Waals surface area contributed by atoms with Crippen LogP contribution in [0, 0.1) is 5.82 Å². The lowest BCUT2D eigenvalue weighted by molar-refractivity contribution is -0.134. The minimum Gasteiger partial charge on any atom is -0.390 e. The smallest absolute Gasteiger partial charge is 0.328 e. The van der Waals surface area contributed by atoms with Gasteiger partial charge in [-0.2, -0.15) is 10.1 Å². The van der Waals surface area contributed by atoms with Crippen molar-refractivity contribution in [2.75, 3.05) is 35.3 Å². The van der Waals surface area contributed by atoms with Gasteiger partial charge in [0.25, 0.3) is 0 Å². The van der Waals surface area contributed by atoms with Gasteiger partial charge in [-0.15, -0.1) is 0 Å². The predicted molar refractivity (Wildman–Crippen MR) is 193 cm³/mol. The van der Waals surface area contributed by atoms with Crippen LogP contribution >= 0.6 is 0 Å². The van der Waals surface area contributed by atoms with Crippen LogP contribution in [0.2, 0.25) is 0 Å². The number of amides is 2. The number of fused-ring (bicyclic) bond motifs is 2. The van der Waals surface area contributed by atoms with Crippen LogP contribution in [0.3, 0.4) is 0 Å². The van der Waals surface area contributed by atoms with Crippen molar-refractivity contribution in [3.8, 4) is 0 Å². The molecule has 0 spiro atoms. The first-order valence-electron chi connectivity index (χ1n) is 17.3. The maximum Gasteiger partial charge on any atom is 0.328 e. The number of hydrogen-bond donors (Lipinski definition) is 3. The van der Waals surface area contributed by atoms with E-state index in [4.69, 9.17) is 0 Å². The number of halogens is 1. The molecular weight excluding hydrogens is 655 g/mol. The minimum atomic E-state index is -0.931. The Kier molecular flexibility index (Phi) is 8.77. The Bertz CT molecular complexity index is 2210. The van der Waals surface area contributed by atoms with E-state index in [-0.39, 0.29) is 29.4 Å². The fourth-order valence-electron chi connectivity index (χ4n) is 7.20. The summed E-state index contributed by atoms with van der Waals surface area (Å²) in [4.78, 5) is 50.3. The van der Waals surface area contributed by atoms with Crippen LogP contribution in [0.25, 0.3) is 21.9 Å². The third-order valence-corrected chi connectivity index (χ3v) is 10.2. The van der Waals surface area contributed by atoms with E-state index in [0.717, 1.165) is 48.0 Å². The number of aliphatic hydroxyl groups is 1. The molecule has 51 heavy (non-hydrogen) atoms. The zero-order chi connectivity index (χ0) is 36.2. The molecule has 1 atom stereocenters. The van der Waals surface area contributed by atoms with Crippen LogP contribution < -0.4 is 26.1 Å². The average molecular weight is 699 g/mol. The molecule has 1 unspecified atom stereocenters. The number of rotatable bonds is 9. The number of nitrogens with one attached hydrogen (secondary N) is 2. The maximum atomic E-state index is 15.1. The second-order valence-electron chi connectivity index (χ2n) is 14.3. The van der Waals surface area contributed by atoms with Gasteiger partial charge in [0.1, 0.15) is 0 Å². The Morgan fingerprint density at radius 3 is 2.53 bits per heavy atom. The fourth-order valence-corrected chi connectivity index (χ4v) is 7.20. The monoisotopic (exact) mass is 698 g/mol. The lowest BCUT2D eigenvalue weighted by Crippen LogP contribution is -2.44. The molecule has 0 aliphatic carbocycles. The van der Waals surface area contributed by atoms with Crippen LogP contribution in [-0.4, -0.2) is 77.6 Å². The molecule has 15 heteroatoms. The first kappa shape index (κ1) is 34.2. The van der Waals surface area contributed by atoms with Gasteiger partial charge < -0.3 is 20.2 Å². The number of imidazole rings is 1. The third-order valence-electron chi connectivity index (χ3n) is 10.2. The minimum absolute atomic E-state index is 0.0334. The Labute approximate surface area is 293 Å². The topological polar surface area (TPSA) is 155 Å². The summed E-state index contributed by atoms with van der Waals surface area (Å²) in [6.07, 6.45) is 3.98. The Morgan fingerprint density at radius 1 is 1.04 bits per heavy atom. The number of carbonyl (C=O) groups excluding carboxylic acids is 2. The molecule has 7 rings (SSSR count). The second-order valence-corrected chi connectivity index (χ2v) is 14.3. The number of imide groups is 1. The first-order chi connectivity index (χ1) is 24.3. The number of aromatic nitrogens is 6. The number of nitrogens with zero attached hydrogens (tertiary/aromatic N) is 8. The Morgan fingerprint density at radius 2 is 1.80 bits per heavy atom. The highest BCUT2D eigenvalue weighted by Crippen LogP contribution is 2.33. The van der Waals surface area contributed by atoms with E-state index < -0.39 is 17.3 Å². The number of benzene rings is 2. The van der Waals surface area contributed by atoms with E-state index in [1.807, 2.05) is 31.1 Å². The molecule has 3 aromatic heterocycles. The molecule has 5 heterocycles. The molecule has 2 saturated heterocycles. The van der Waals surface area contributed by atoms with Crippen molar-refractivity contribution in [1.82, 2.24) is 34.2 Å². The van der Waals surface area contributed by atoms with Gasteiger partial charge in [-0.1, -0.05) is 0 Å². The highest BCUT2D eigenvalue weighted by Gasteiger charge is 2.32. The standard InChI is InChI=1S/C36H43FN10O4/c1-36(2,51)14-17-47-29-18-21(6-10-27(29)44(4)35(47)50)39-32-26(37)20-38-34(41-32)43(3)22-12-15-46(16-13-22)23-7-8-24-28(19-23)45(5)42-31(24)25-9-11-30(48)40-33(25)49/h6-8,10,18-20,22,25,51H,9,11-17H2,1-5H3,(H,38,39,41)(H,40,48,49). The molecule has 0 radical (unpaired) electrons. The summed E-state index contributed by atoms with van der Waals surface area (Å²) < 4.78 is 20.0. The summed E-state index contributed by atoms with van der Waals surface area (Å²) in [5.74, 6) is -1.15. The van der Waals surface area contributed by atoms with Crippen molar-refractivity contribution in [3.63, 3.8) is 0 Å². The van der Waals surface area contributed by atoms with Gasteiger partial charge in [-0.05, 0) is 75.9 Å². The van der Waals surface area contributed by atoms with E-state index >= 15 is 4.39 Å². The van der Waals surface area contributed by atoms with E-state index in [1.54, 1.807) is 46.8 Å². The van der Waals surface area contributed by atoms with Gasteiger partial charge in [0, 0.05) is 70.0 Å². The van der Waals surface area contributed by atoms with Crippen molar-refractivity contribution in [1.29, 1.82) is 0 Å². The second kappa shape index (κ2) is 13.1. The van der Waals surface area contributed by atoms with Gasteiger partial charge >= 0.3 is 5.69 Å². The highest BCUT2D eigenvalue weighted by molar-refractivity contribution is 6.02. The number of aryl methyl sites for hydroxylation is 3. The normalized spacial score (nSPS) is 17.4. The van der Waals surface area contributed by atoms with Crippen molar-refractivity contribution >= 4 is 56.9 Å². The van der Waals surface area contributed by atoms with Crippen LogP contribution in [0.5, 0.6) is 0 Å².